The second-order valence-electron chi connectivity index (χ2n) is 3.16. The first-order valence-electron chi connectivity index (χ1n) is 5.24. The molecule has 1 aromatic carbocycles. The van der Waals surface area contributed by atoms with Gasteiger partial charge < -0.3 is 5.32 Å². The maximum atomic E-state index is 5.47. The van der Waals surface area contributed by atoms with E-state index in [2.05, 4.69) is 49.4 Å². The predicted molar refractivity (Wildman–Crippen MR) is 68.1 cm³/mol. The van der Waals surface area contributed by atoms with Crippen LogP contribution in [-0.4, -0.2) is 12.3 Å². The summed E-state index contributed by atoms with van der Waals surface area (Å²) in [6.45, 7) is 5.10. The van der Waals surface area contributed by atoms with Crippen LogP contribution in [0.5, 0.6) is 0 Å². The number of rotatable bonds is 5. The zero-order valence-electron chi connectivity index (χ0n) is 9.29. The Bertz CT molecular complexity index is 323. The van der Waals surface area contributed by atoms with E-state index in [1.807, 2.05) is 11.8 Å². The Kier molecular flexibility index (Phi) is 5.31. The number of hydrogen-bond donors (Lipinski definition) is 1. The largest absolute Gasteiger partial charge is 0.300 e. The van der Waals surface area contributed by atoms with E-state index in [1.54, 1.807) is 0 Å². The first-order valence-corrected chi connectivity index (χ1v) is 6.22. The smallest absolute Gasteiger partial charge is 0.0943 e. The molecule has 0 aliphatic heterocycles. The summed E-state index contributed by atoms with van der Waals surface area (Å²) in [6, 6.07) is 8.50. The van der Waals surface area contributed by atoms with Gasteiger partial charge >= 0.3 is 0 Å². The Labute approximate surface area is 96.7 Å². The minimum absolute atomic E-state index is 0.0377. The average Bonchev–Trinajstić information content (AvgIpc) is 2.28. The summed E-state index contributed by atoms with van der Waals surface area (Å²) in [5, 5.41) is 3.26. The Morgan fingerprint density at radius 1 is 1.33 bits per heavy atom. The molecule has 1 unspecified atom stereocenters. The Morgan fingerprint density at radius 2 is 2.00 bits per heavy atom. The molecule has 1 aromatic rings. The van der Waals surface area contributed by atoms with Gasteiger partial charge in [0.05, 0.1) is 6.04 Å². The van der Waals surface area contributed by atoms with Gasteiger partial charge in [-0.1, -0.05) is 31.9 Å². The van der Waals surface area contributed by atoms with Crippen LogP contribution in [0, 0.1) is 12.3 Å². The molecule has 0 saturated heterocycles. The molecule has 15 heavy (non-hydrogen) atoms. The molecule has 1 nitrogen and oxygen atoms in total. The van der Waals surface area contributed by atoms with Crippen molar-refractivity contribution in [2.45, 2.75) is 24.8 Å². The highest BCUT2D eigenvalue weighted by molar-refractivity contribution is 7.99. The molecule has 0 amide bonds. The summed E-state index contributed by atoms with van der Waals surface area (Å²) in [5.41, 5.74) is 1.17. The molecule has 0 radical (unpaired) electrons. The van der Waals surface area contributed by atoms with Gasteiger partial charge in [0.2, 0.25) is 0 Å². The van der Waals surface area contributed by atoms with Crippen LogP contribution >= 0.6 is 11.8 Å². The number of nitrogens with one attached hydrogen (secondary N) is 1. The van der Waals surface area contributed by atoms with E-state index in [-0.39, 0.29) is 6.04 Å². The second kappa shape index (κ2) is 6.55. The standard InChI is InChI=1S/C13H17NS/c1-4-13(14-5-2)11-7-9-12(10-8-11)15-6-3/h1,7-10,13-14H,5-6H2,2-3H3. The highest BCUT2D eigenvalue weighted by Gasteiger charge is 2.05. The van der Waals surface area contributed by atoms with E-state index in [1.165, 1.54) is 10.5 Å². The molecule has 0 aliphatic rings. The van der Waals surface area contributed by atoms with E-state index < -0.39 is 0 Å². The zero-order chi connectivity index (χ0) is 11.1. The van der Waals surface area contributed by atoms with E-state index in [9.17, 15) is 0 Å². The molecule has 0 saturated carbocycles. The van der Waals surface area contributed by atoms with Crippen LogP contribution in [-0.2, 0) is 0 Å². The van der Waals surface area contributed by atoms with Crippen molar-refractivity contribution in [3.05, 3.63) is 29.8 Å². The summed E-state index contributed by atoms with van der Waals surface area (Å²) in [4.78, 5) is 1.30. The molecular weight excluding hydrogens is 202 g/mol. The molecule has 0 aliphatic carbocycles. The van der Waals surface area contributed by atoms with Crippen LogP contribution in [0.3, 0.4) is 0 Å². The van der Waals surface area contributed by atoms with Gasteiger partial charge in [-0.15, -0.1) is 18.2 Å². The molecule has 1 N–H and O–H groups in total. The van der Waals surface area contributed by atoms with E-state index in [4.69, 9.17) is 6.42 Å². The molecule has 1 atom stereocenters. The monoisotopic (exact) mass is 219 g/mol. The van der Waals surface area contributed by atoms with Crippen molar-refractivity contribution in [3.63, 3.8) is 0 Å². The lowest BCUT2D eigenvalue weighted by Gasteiger charge is -2.12. The van der Waals surface area contributed by atoms with Crippen molar-refractivity contribution >= 4 is 11.8 Å². The van der Waals surface area contributed by atoms with Crippen molar-refractivity contribution in [3.8, 4) is 12.3 Å². The Hall–Kier alpha value is -0.910. The fourth-order valence-electron chi connectivity index (χ4n) is 1.40. The molecule has 2 heteroatoms. The van der Waals surface area contributed by atoms with Crippen LogP contribution in [0.25, 0.3) is 0 Å². The third-order valence-electron chi connectivity index (χ3n) is 2.10. The Morgan fingerprint density at radius 3 is 2.47 bits per heavy atom. The summed E-state index contributed by atoms with van der Waals surface area (Å²) >= 11 is 1.84. The van der Waals surface area contributed by atoms with Gasteiger partial charge in [0.25, 0.3) is 0 Å². The molecule has 0 spiro atoms. The van der Waals surface area contributed by atoms with Gasteiger partial charge in [-0.3, -0.25) is 0 Å². The minimum atomic E-state index is 0.0377. The van der Waals surface area contributed by atoms with Crippen molar-refractivity contribution in [1.29, 1.82) is 0 Å². The predicted octanol–water partition coefficient (Wildman–Crippen LogP) is 3.08. The van der Waals surface area contributed by atoms with Crippen LogP contribution in [0.2, 0.25) is 0 Å². The van der Waals surface area contributed by atoms with Gasteiger partial charge in [-0.25, -0.2) is 0 Å². The third-order valence-corrected chi connectivity index (χ3v) is 2.99. The van der Waals surface area contributed by atoms with Crippen molar-refractivity contribution in [2.75, 3.05) is 12.3 Å². The van der Waals surface area contributed by atoms with Crippen molar-refractivity contribution in [1.82, 2.24) is 5.32 Å². The van der Waals surface area contributed by atoms with Crippen LogP contribution in [0.4, 0.5) is 0 Å². The number of thioether (sulfide) groups is 1. The SMILES string of the molecule is C#CC(NCC)c1ccc(SCC)cc1. The fourth-order valence-corrected chi connectivity index (χ4v) is 2.06. The lowest BCUT2D eigenvalue weighted by atomic mass is 10.1. The molecular formula is C13H17NS. The number of hydrogen-bond acceptors (Lipinski definition) is 2. The van der Waals surface area contributed by atoms with Gasteiger partial charge in [0, 0.05) is 4.90 Å². The van der Waals surface area contributed by atoms with Gasteiger partial charge in [0.1, 0.15) is 0 Å². The first kappa shape index (κ1) is 12.2. The minimum Gasteiger partial charge on any atom is -0.300 e. The maximum absolute atomic E-state index is 5.47. The fraction of sp³-hybridized carbons (Fsp3) is 0.385. The zero-order valence-corrected chi connectivity index (χ0v) is 10.1. The van der Waals surface area contributed by atoms with Gasteiger partial charge in [0.15, 0.2) is 0 Å². The lowest BCUT2D eigenvalue weighted by Crippen LogP contribution is -2.18. The first-order chi connectivity index (χ1) is 7.31. The lowest BCUT2D eigenvalue weighted by molar-refractivity contribution is 0.664. The summed E-state index contributed by atoms with van der Waals surface area (Å²) in [5.74, 6) is 3.86. The van der Waals surface area contributed by atoms with E-state index >= 15 is 0 Å². The summed E-state index contributed by atoms with van der Waals surface area (Å²) < 4.78 is 0. The Balaban J connectivity index is 2.74. The highest BCUT2D eigenvalue weighted by Crippen LogP contribution is 2.20. The van der Waals surface area contributed by atoms with E-state index in [0.29, 0.717) is 0 Å². The van der Waals surface area contributed by atoms with Gasteiger partial charge in [-0.05, 0) is 30.0 Å². The van der Waals surface area contributed by atoms with Crippen molar-refractivity contribution in [2.24, 2.45) is 0 Å². The normalized spacial score (nSPS) is 12.1. The molecule has 0 bridgehead atoms. The van der Waals surface area contributed by atoms with Crippen LogP contribution < -0.4 is 5.32 Å². The molecule has 1 rings (SSSR count). The molecule has 80 valence electrons. The second-order valence-corrected chi connectivity index (χ2v) is 4.50. The number of terminal acetylenes is 1. The maximum Gasteiger partial charge on any atom is 0.0943 e. The topological polar surface area (TPSA) is 12.0 Å². The third kappa shape index (κ3) is 3.62. The molecule has 0 aromatic heterocycles. The summed E-state index contributed by atoms with van der Waals surface area (Å²) in [6.07, 6.45) is 5.47. The summed E-state index contributed by atoms with van der Waals surface area (Å²) in [7, 11) is 0. The van der Waals surface area contributed by atoms with E-state index in [0.717, 1.165) is 12.3 Å². The molecule has 0 fully saturated rings. The van der Waals surface area contributed by atoms with Crippen LogP contribution in [0.1, 0.15) is 25.5 Å². The quantitative estimate of drug-likeness (QED) is 0.603. The average molecular weight is 219 g/mol. The number of benzene rings is 1. The van der Waals surface area contributed by atoms with Gasteiger partial charge in [-0.2, -0.15) is 0 Å². The highest BCUT2D eigenvalue weighted by atomic mass is 32.2. The van der Waals surface area contributed by atoms with Crippen LogP contribution in [0.15, 0.2) is 29.2 Å². The molecule has 0 heterocycles. The van der Waals surface area contributed by atoms with Crippen molar-refractivity contribution < 1.29 is 0 Å².